The Hall–Kier alpha value is -3.02. The SMILES string of the molecule is O=C1CC(N(C(=O)c2ccccc2F)C2CCCCCC2)C(=O)N1c1ccccc1. The van der Waals surface area contributed by atoms with Gasteiger partial charge in [0, 0.05) is 6.04 Å². The van der Waals surface area contributed by atoms with Crippen LogP contribution in [0.15, 0.2) is 54.6 Å². The van der Waals surface area contributed by atoms with Crippen molar-refractivity contribution in [2.75, 3.05) is 4.90 Å². The second kappa shape index (κ2) is 8.78. The van der Waals surface area contributed by atoms with E-state index >= 15 is 0 Å². The normalized spacial score (nSPS) is 20.3. The maximum atomic E-state index is 14.4. The minimum Gasteiger partial charge on any atom is -0.323 e. The van der Waals surface area contributed by atoms with Gasteiger partial charge in [-0.15, -0.1) is 0 Å². The Morgan fingerprint density at radius 3 is 2.20 bits per heavy atom. The number of hydrogen-bond acceptors (Lipinski definition) is 3. The number of imide groups is 1. The number of carbonyl (C=O) groups is 3. The zero-order chi connectivity index (χ0) is 21.1. The van der Waals surface area contributed by atoms with Gasteiger partial charge in [0.2, 0.25) is 5.91 Å². The van der Waals surface area contributed by atoms with Gasteiger partial charge in [0.1, 0.15) is 11.9 Å². The van der Waals surface area contributed by atoms with Crippen LogP contribution in [0.3, 0.4) is 0 Å². The molecular weight excluding hydrogens is 383 g/mol. The van der Waals surface area contributed by atoms with Gasteiger partial charge in [-0.2, -0.15) is 0 Å². The number of para-hydroxylation sites is 1. The summed E-state index contributed by atoms with van der Waals surface area (Å²) in [5.41, 5.74) is 0.439. The van der Waals surface area contributed by atoms with Gasteiger partial charge in [-0.3, -0.25) is 14.4 Å². The van der Waals surface area contributed by atoms with Gasteiger partial charge in [-0.25, -0.2) is 9.29 Å². The summed E-state index contributed by atoms with van der Waals surface area (Å²) < 4.78 is 14.4. The van der Waals surface area contributed by atoms with Crippen LogP contribution in [-0.2, 0) is 9.59 Å². The molecule has 1 heterocycles. The minimum atomic E-state index is -0.909. The molecule has 0 spiro atoms. The number of nitrogens with zero attached hydrogens (tertiary/aromatic N) is 2. The van der Waals surface area contributed by atoms with E-state index in [1.54, 1.807) is 30.3 Å². The molecule has 3 amide bonds. The summed E-state index contributed by atoms with van der Waals surface area (Å²) >= 11 is 0. The molecule has 0 bridgehead atoms. The van der Waals surface area contributed by atoms with Crippen molar-refractivity contribution < 1.29 is 18.8 Å². The summed E-state index contributed by atoms with van der Waals surface area (Å²) in [6.07, 6.45) is 5.47. The summed E-state index contributed by atoms with van der Waals surface area (Å²) in [4.78, 5) is 42.2. The Morgan fingerprint density at radius 2 is 1.53 bits per heavy atom. The number of halogens is 1. The van der Waals surface area contributed by atoms with Gasteiger partial charge in [0.25, 0.3) is 11.8 Å². The van der Waals surface area contributed by atoms with Crippen LogP contribution in [-0.4, -0.2) is 34.7 Å². The Morgan fingerprint density at radius 1 is 0.900 bits per heavy atom. The molecule has 0 N–H and O–H groups in total. The first kappa shape index (κ1) is 20.3. The van der Waals surface area contributed by atoms with Crippen molar-refractivity contribution in [1.82, 2.24) is 4.90 Å². The molecule has 1 saturated heterocycles. The molecule has 2 aromatic carbocycles. The van der Waals surface area contributed by atoms with Crippen molar-refractivity contribution in [2.24, 2.45) is 0 Å². The lowest BCUT2D eigenvalue weighted by molar-refractivity contribution is -0.123. The number of amides is 3. The lowest BCUT2D eigenvalue weighted by Crippen LogP contribution is -2.51. The molecule has 1 saturated carbocycles. The third-order valence-electron chi connectivity index (χ3n) is 6.03. The highest BCUT2D eigenvalue weighted by Crippen LogP contribution is 2.32. The highest BCUT2D eigenvalue weighted by Gasteiger charge is 2.46. The number of hydrogen-bond donors (Lipinski definition) is 0. The van der Waals surface area contributed by atoms with E-state index in [-0.39, 0.29) is 23.9 Å². The third kappa shape index (κ3) is 3.86. The van der Waals surface area contributed by atoms with Crippen molar-refractivity contribution in [3.05, 3.63) is 66.0 Å². The Kier molecular flexibility index (Phi) is 5.93. The van der Waals surface area contributed by atoms with Crippen molar-refractivity contribution in [1.29, 1.82) is 0 Å². The van der Waals surface area contributed by atoms with Crippen molar-refractivity contribution in [3.63, 3.8) is 0 Å². The number of benzene rings is 2. The average molecular weight is 408 g/mol. The van der Waals surface area contributed by atoms with E-state index in [1.165, 1.54) is 23.1 Å². The van der Waals surface area contributed by atoms with Crippen LogP contribution in [0.2, 0.25) is 0 Å². The van der Waals surface area contributed by atoms with Gasteiger partial charge in [-0.1, -0.05) is 56.0 Å². The van der Waals surface area contributed by atoms with Gasteiger partial charge in [0.15, 0.2) is 0 Å². The number of anilines is 1. The predicted octanol–water partition coefficient (Wildman–Crippen LogP) is 4.32. The molecule has 6 heteroatoms. The molecule has 1 aliphatic heterocycles. The van der Waals surface area contributed by atoms with Gasteiger partial charge >= 0.3 is 0 Å². The van der Waals surface area contributed by atoms with E-state index in [0.717, 1.165) is 43.4 Å². The predicted molar refractivity (Wildman–Crippen MR) is 111 cm³/mol. The van der Waals surface area contributed by atoms with Crippen molar-refractivity contribution in [2.45, 2.75) is 57.0 Å². The standard InChI is InChI=1S/C24H25FN2O3/c25-20-15-9-8-14-19(20)23(29)26(17-10-4-1-2-5-11-17)21-16-22(28)27(24(21)30)18-12-6-3-7-13-18/h3,6-9,12-15,17,21H,1-2,4-5,10-11,16H2. The summed E-state index contributed by atoms with van der Waals surface area (Å²) in [7, 11) is 0. The zero-order valence-electron chi connectivity index (χ0n) is 16.8. The highest BCUT2D eigenvalue weighted by atomic mass is 19.1. The Labute approximate surface area is 175 Å². The molecular formula is C24H25FN2O3. The van der Waals surface area contributed by atoms with Crippen LogP contribution in [0, 0.1) is 5.82 Å². The fourth-order valence-electron chi connectivity index (χ4n) is 4.55. The first-order chi connectivity index (χ1) is 14.6. The number of rotatable bonds is 4. The van der Waals surface area contributed by atoms with Gasteiger partial charge in [-0.05, 0) is 37.1 Å². The minimum absolute atomic E-state index is 0.0554. The first-order valence-electron chi connectivity index (χ1n) is 10.6. The van der Waals surface area contributed by atoms with Gasteiger partial charge < -0.3 is 4.90 Å². The van der Waals surface area contributed by atoms with Crippen LogP contribution >= 0.6 is 0 Å². The van der Waals surface area contributed by atoms with Crippen molar-refractivity contribution in [3.8, 4) is 0 Å². The van der Waals surface area contributed by atoms with E-state index in [2.05, 4.69) is 0 Å². The molecule has 5 nitrogen and oxygen atoms in total. The Bertz CT molecular complexity index is 938. The fourth-order valence-corrected chi connectivity index (χ4v) is 4.55. The largest absolute Gasteiger partial charge is 0.323 e. The summed E-state index contributed by atoms with van der Waals surface area (Å²) in [5, 5.41) is 0. The third-order valence-corrected chi connectivity index (χ3v) is 6.03. The first-order valence-corrected chi connectivity index (χ1v) is 10.6. The fraction of sp³-hybridized carbons (Fsp3) is 0.375. The van der Waals surface area contributed by atoms with E-state index < -0.39 is 23.7 Å². The lowest BCUT2D eigenvalue weighted by atomic mass is 10.0. The molecule has 0 radical (unpaired) electrons. The summed E-state index contributed by atoms with van der Waals surface area (Å²) in [6, 6.07) is 13.5. The smallest absolute Gasteiger partial charge is 0.257 e. The molecule has 156 valence electrons. The molecule has 2 fully saturated rings. The van der Waals surface area contributed by atoms with E-state index in [0.29, 0.717) is 5.69 Å². The second-order valence-corrected chi connectivity index (χ2v) is 7.96. The van der Waals surface area contributed by atoms with E-state index in [4.69, 9.17) is 0 Å². The molecule has 30 heavy (non-hydrogen) atoms. The van der Waals surface area contributed by atoms with Crippen LogP contribution in [0.1, 0.15) is 55.3 Å². The Balaban J connectivity index is 1.70. The quantitative estimate of drug-likeness (QED) is 0.559. The van der Waals surface area contributed by atoms with Crippen LogP contribution < -0.4 is 4.90 Å². The summed E-state index contributed by atoms with van der Waals surface area (Å²) in [5.74, 6) is -1.88. The molecule has 2 aliphatic rings. The highest BCUT2D eigenvalue weighted by molar-refractivity contribution is 6.23. The molecule has 4 rings (SSSR count). The maximum Gasteiger partial charge on any atom is 0.257 e. The topological polar surface area (TPSA) is 57.7 Å². The molecule has 1 unspecified atom stereocenters. The maximum absolute atomic E-state index is 14.4. The van der Waals surface area contributed by atoms with Gasteiger partial charge in [0.05, 0.1) is 17.7 Å². The van der Waals surface area contributed by atoms with Crippen LogP contribution in [0.4, 0.5) is 10.1 Å². The average Bonchev–Trinajstić information content (AvgIpc) is 2.91. The lowest BCUT2D eigenvalue weighted by Gasteiger charge is -2.35. The molecule has 1 atom stereocenters. The summed E-state index contributed by atoms with van der Waals surface area (Å²) in [6.45, 7) is 0. The van der Waals surface area contributed by atoms with E-state index in [1.807, 2.05) is 6.07 Å². The second-order valence-electron chi connectivity index (χ2n) is 7.96. The number of carbonyl (C=O) groups excluding carboxylic acids is 3. The van der Waals surface area contributed by atoms with Crippen molar-refractivity contribution >= 4 is 23.4 Å². The molecule has 0 aromatic heterocycles. The zero-order valence-corrected chi connectivity index (χ0v) is 16.8. The van der Waals surface area contributed by atoms with Crippen LogP contribution in [0.25, 0.3) is 0 Å². The molecule has 1 aliphatic carbocycles. The van der Waals surface area contributed by atoms with Crippen LogP contribution in [0.5, 0.6) is 0 Å². The monoisotopic (exact) mass is 408 g/mol. The molecule has 2 aromatic rings. The van der Waals surface area contributed by atoms with E-state index in [9.17, 15) is 18.8 Å².